The van der Waals surface area contributed by atoms with Crippen molar-refractivity contribution < 1.29 is 0 Å². The van der Waals surface area contributed by atoms with E-state index in [4.69, 9.17) is 5.10 Å². The number of anilines is 1. The van der Waals surface area contributed by atoms with Crippen LogP contribution in [0.4, 0.5) is 5.82 Å². The summed E-state index contributed by atoms with van der Waals surface area (Å²) in [6, 6.07) is 17.3. The van der Waals surface area contributed by atoms with Crippen molar-refractivity contribution in [3.05, 3.63) is 59.7 Å². The minimum Gasteiger partial charge on any atom is -0.370 e. The maximum absolute atomic E-state index is 4.81. The third-order valence-corrected chi connectivity index (χ3v) is 4.16. The van der Waals surface area contributed by atoms with Crippen molar-refractivity contribution in [2.45, 2.75) is 19.4 Å². The van der Waals surface area contributed by atoms with Crippen LogP contribution in [0.5, 0.6) is 0 Å². The van der Waals surface area contributed by atoms with Crippen LogP contribution in [0.2, 0.25) is 0 Å². The molecule has 0 radical (unpaired) electrons. The third-order valence-electron chi connectivity index (χ3n) is 4.16. The zero-order valence-electron chi connectivity index (χ0n) is 11.5. The van der Waals surface area contributed by atoms with Crippen molar-refractivity contribution in [1.82, 2.24) is 9.78 Å². The fourth-order valence-electron chi connectivity index (χ4n) is 3.15. The molecular weight excluding hydrogens is 246 g/mol. The van der Waals surface area contributed by atoms with Gasteiger partial charge in [0, 0.05) is 11.9 Å². The summed E-state index contributed by atoms with van der Waals surface area (Å²) < 4.78 is 2.16. The van der Waals surface area contributed by atoms with E-state index in [1.165, 1.54) is 16.5 Å². The lowest BCUT2D eigenvalue weighted by atomic mass is 9.98. The SMILES string of the molecule is Cc1ccccc1C1CCNc2c3ccccc3nn21. The zero-order chi connectivity index (χ0) is 13.5. The average Bonchev–Trinajstić information content (AvgIpc) is 2.86. The Bertz CT molecular complexity index is 773. The summed E-state index contributed by atoms with van der Waals surface area (Å²) in [5, 5.41) is 9.53. The van der Waals surface area contributed by atoms with Crippen molar-refractivity contribution >= 4 is 16.7 Å². The predicted molar refractivity (Wildman–Crippen MR) is 82.2 cm³/mol. The highest BCUT2D eigenvalue weighted by atomic mass is 15.4. The molecule has 3 aromatic rings. The van der Waals surface area contributed by atoms with E-state index in [1.807, 2.05) is 6.07 Å². The molecule has 100 valence electrons. The molecule has 20 heavy (non-hydrogen) atoms. The van der Waals surface area contributed by atoms with E-state index in [-0.39, 0.29) is 0 Å². The van der Waals surface area contributed by atoms with E-state index in [0.717, 1.165) is 24.3 Å². The normalized spacial score (nSPS) is 17.8. The second-order valence-corrected chi connectivity index (χ2v) is 5.40. The molecule has 4 rings (SSSR count). The van der Waals surface area contributed by atoms with Gasteiger partial charge in [0.1, 0.15) is 5.82 Å². The smallest absolute Gasteiger partial charge is 0.132 e. The molecule has 0 aliphatic carbocycles. The molecule has 0 bridgehead atoms. The van der Waals surface area contributed by atoms with E-state index < -0.39 is 0 Å². The number of aromatic nitrogens is 2. The van der Waals surface area contributed by atoms with Gasteiger partial charge in [0.05, 0.1) is 11.6 Å². The Morgan fingerprint density at radius 3 is 2.80 bits per heavy atom. The Labute approximate surface area is 118 Å². The fourth-order valence-corrected chi connectivity index (χ4v) is 3.15. The monoisotopic (exact) mass is 263 g/mol. The van der Waals surface area contributed by atoms with E-state index in [2.05, 4.69) is 59.4 Å². The van der Waals surface area contributed by atoms with Crippen LogP contribution in [0.3, 0.4) is 0 Å². The molecular formula is C17H17N3. The van der Waals surface area contributed by atoms with Crippen LogP contribution in [0.1, 0.15) is 23.6 Å². The number of benzene rings is 2. The molecule has 1 unspecified atom stereocenters. The standard InChI is InChI=1S/C17H17N3/c1-12-6-2-3-7-13(12)16-10-11-18-17-14-8-4-5-9-15(14)19-20(16)17/h2-9,16,18H,10-11H2,1H3. The summed E-state index contributed by atoms with van der Waals surface area (Å²) in [6.07, 6.45) is 1.08. The van der Waals surface area contributed by atoms with E-state index in [1.54, 1.807) is 0 Å². The number of rotatable bonds is 1. The summed E-state index contributed by atoms with van der Waals surface area (Å²) in [7, 11) is 0. The fraction of sp³-hybridized carbons (Fsp3) is 0.235. The Morgan fingerprint density at radius 1 is 1.10 bits per heavy atom. The quantitative estimate of drug-likeness (QED) is 0.724. The van der Waals surface area contributed by atoms with E-state index >= 15 is 0 Å². The van der Waals surface area contributed by atoms with Gasteiger partial charge >= 0.3 is 0 Å². The van der Waals surface area contributed by atoms with Crippen molar-refractivity contribution in [3.8, 4) is 0 Å². The zero-order valence-corrected chi connectivity index (χ0v) is 11.5. The lowest BCUT2D eigenvalue weighted by Gasteiger charge is -2.27. The predicted octanol–water partition coefficient (Wildman–Crippen LogP) is 3.75. The molecule has 0 saturated heterocycles. The molecule has 1 aromatic heterocycles. The van der Waals surface area contributed by atoms with Gasteiger partial charge in [-0.05, 0) is 36.6 Å². The van der Waals surface area contributed by atoms with Gasteiger partial charge in [-0.1, -0.05) is 36.4 Å². The molecule has 3 heteroatoms. The summed E-state index contributed by atoms with van der Waals surface area (Å²) in [5.41, 5.74) is 3.78. The number of fused-ring (bicyclic) bond motifs is 3. The van der Waals surface area contributed by atoms with Crippen LogP contribution in [-0.4, -0.2) is 16.3 Å². The second kappa shape index (κ2) is 4.37. The third kappa shape index (κ3) is 1.63. The Kier molecular flexibility index (Phi) is 2.52. The first-order valence-corrected chi connectivity index (χ1v) is 7.11. The van der Waals surface area contributed by atoms with Gasteiger partial charge < -0.3 is 5.32 Å². The summed E-state index contributed by atoms with van der Waals surface area (Å²) in [4.78, 5) is 0. The highest BCUT2D eigenvalue weighted by Crippen LogP contribution is 2.35. The van der Waals surface area contributed by atoms with Crippen molar-refractivity contribution in [2.24, 2.45) is 0 Å². The number of hydrogen-bond donors (Lipinski definition) is 1. The lowest BCUT2D eigenvalue weighted by Crippen LogP contribution is -2.24. The Morgan fingerprint density at radius 2 is 1.90 bits per heavy atom. The van der Waals surface area contributed by atoms with Gasteiger partial charge in [0.15, 0.2) is 0 Å². The molecule has 1 aliphatic rings. The van der Waals surface area contributed by atoms with E-state index in [0.29, 0.717) is 6.04 Å². The first-order chi connectivity index (χ1) is 9.84. The van der Waals surface area contributed by atoms with Crippen molar-refractivity contribution in [1.29, 1.82) is 0 Å². The topological polar surface area (TPSA) is 29.9 Å². The first kappa shape index (κ1) is 11.5. The van der Waals surface area contributed by atoms with Gasteiger partial charge in [0.2, 0.25) is 0 Å². The minimum atomic E-state index is 0.333. The molecule has 0 amide bonds. The van der Waals surface area contributed by atoms with Crippen LogP contribution < -0.4 is 5.32 Å². The molecule has 0 fully saturated rings. The summed E-state index contributed by atoms with van der Waals surface area (Å²) in [5.74, 6) is 1.15. The van der Waals surface area contributed by atoms with Crippen molar-refractivity contribution in [3.63, 3.8) is 0 Å². The van der Waals surface area contributed by atoms with Crippen LogP contribution in [0.15, 0.2) is 48.5 Å². The average molecular weight is 263 g/mol. The van der Waals surface area contributed by atoms with Gasteiger partial charge in [0.25, 0.3) is 0 Å². The largest absolute Gasteiger partial charge is 0.370 e. The molecule has 1 N–H and O–H groups in total. The number of aryl methyl sites for hydroxylation is 1. The highest BCUT2D eigenvalue weighted by molar-refractivity contribution is 5.90. The highest BCUT2D eigenvalue weighted by Gasteiger charge is 2.25. The van der Waals surface area contributed by atoms with Gasteiger partial charge in [-0.3, -0.25) is 0 Å². The molecule has 1 aliphatic heterocycles. The summed E-state index contributed by atoms with van der Waals surface area (Å²) >= 11 is 0. The van der Waals surface area contributed by atoms with Gasteiger partial charge in [-0.2, -0.15) is 5.10 Å². The van der Waals surface area contributed by atoms with Gasteiger partial charge in [-0.25, -0.2) is 4.68 Å². The number of nitrogens with zero attached hydrogens (tertiary/aromatic N) is 2. The van der Waals surface area contributed by atoms with Crippen LogP contribution >= 0.6 is 0 Å². The number of hydrogen-bond acceptors (Lipinski definition) is 2. The van der Waals surface area contributed by atoms with Crippen LogP contribution in [0.25, 0.3) is 10.9 Å². The molecule has 1 atom stereocenters. The summed E-state index contributed by atoms with van der Waals surface area (Å²) in [6.45, 7) is 3.18. The molecule has 2 heterocycles. The van der Waals surface area contributed by atoms with Crippen LogP contribution in [-0.2, 0) is 0 Å². The van der Waals surface area contributed by atoms with Crippen LogP contribution in [0, 0.1) is 6.92 Å². The molecule has 3 nitrogen and oxygen atoms in total. The Hall–Kier alpha value is -2.29. The second-order valence-electron chi connectivity index (χ2n) is 5.40. The van der Waals surface area contributed by atoms with Crippen molar-refractivity contribution in [2.75, 3.05) is 11.9 Å². The first-order valence-electron chi connectivity index (χ1n) is 7.11. The molecule has 2 aromatic carbocycles. The molecule has 0 spiro atoms. The maximum Gasteiger partial charge on any atom is 0.132 e. The maximum atomic E-state index is 4.81. The Balaban J connectivity index is 1.92. The van der Waals surface area contributed by atoms with Gasteiger partial charge in [-0.15, -0.1) is 0 Å². The molecule has 0 saturated carbocycles. The lowest BCUT2D eigenvalue weighted by molar-refractivity contribution is 0.484. The number of nitrogens with one attached hydrogen (secondary N) is 1. The van der Waals surface area contributed by atoms with E-state index in [9.17, 15) is 0 Å². The minimum absolute atomic E-state index is 0.333.